The van der Waals surface area contributed by atoms with Crippen molar-refractivity contribution in [2.45, 2.75) is 20.0 Å². The molecule has 0 saturated heterocycles. The number of allylic oxidation sites excluding steroid dienone is 2. The molecule has 0 fully saturated rings. The Hall–Kier alpha value is -3.19. The number of hydrogen-bond acceptors (Lipinski definition) is 5. The fourth-order valence-corrected chi connectivity index (χ4v) is 3.67. The van der Waals surface area contributed by atoms with Crippen LogP contribution < -0.4 is 11.2 Å². The Morgan fingerprint density at radius 2 is 1.97 bits per heavy atom. The Kier molecular flexibility index (Phi) is 5.19. The SMILES string of the molecule is CC(C)C=C(C#N)c1nsc2ccc(-n3c(=O)cc(C(F)(F)F)n(C)c3=O)cc12. The molecule has 0 radical (unpaired) electrons. The second-order valence-corrected chi connectivity index (χ2v) is 7.50. The molecular formula is C19H15F3N4O2S. The van der Waals surface area contributed by atoms with Gasteiger partial charge in [0, 0.05) is 18.5 Å². The van der Waals surface area contributed by atoms with Gasteiger partial charge < -0.3 is 0 Å². The first-order chi connectivity index (χ1) is 13.5. The third-order valence-corrected chi connectivity index (χ3v) is 5.02. The second-order valence-electron chi connectivity index (χ2n) is 6.69. The van der Waals surface area contributed by atoms with E-state index in [1.807, 2.05) is 13.8 Å². The first-order valence-electron chi connectivity index (χ1n) is 8.47. The molecule has 3 aromatic rings. The van der Waals surface area contributed by atoms with Gasteiger partial charge in [0.1, 0.15) is 17.5 Å². The highest BCUT2D eigenvalue weighted by Gasteiger charge is 2.35. The Labute approximate surface area is 166 Å². The van der Waals surface area contributed by atoms with Gasteiger partial charge >= 0.3 is 11.9 Å². The summed E-state index contributed by atoms with van der Waals surface area (Å²) < 4.78 is 45.2. The average Bonchev–Trinajstić information content (AvgIpc) is 3.05. The molecule has 3 rings (SSSR count). The number of nitriles is 1. The van der Waals surface area contributed by atoms with Crippen molar-refractivity contribution in [1.82, 2.24) is 13.5 Å². The van der Waals surface area contributed by atoms with Crippen LogP contribution in [0.25, 0.3) is 21.3 Å². The van der Waals surface area contributed by atoms with Crippen LogP contribution in [0, 0.1) is 17.2 Å². The van der Waals surface area contributed by atoms with Gasteiger partial charge in [-0.05, 0) is 35.6 Å². The van der Waals surface area contributed by atoms with Crippen molar-refractivity contribution in [3.8, 4) is 11.8 Å². The van der Waals surface area contributed by atoms with Gasteiger partial charge in [-0.25, -0.2) is 9.36 Å². The summed E-state index contributed by atoms with van der Waals surface area (Å²) in [5.74, 6) is 0.0920. The predicted molar refractivity (Wildman–Crippen MR) is 104 cm³/mol. The molecule has 0 aliphatic carbocycles. The van der Waals surface area contributed by atoms with Crippen LogP contribution in [0.5, 0.6) is 0 Å². The zero-order valence-corrected chi connectivity index (χ0v) is 16.4. The van der Waals surface area contributed by atoms with Crippen molar-refractivity contribution in [3.63, 3.8) is 0 Å². The third kappa shape index (κ3) is 3.73. The van der Waals surface area contributed by atoms with Gasteiger partial charge in [-0.1, -0.05) is 19.9 Å². The van der Waals surface area contributed by atoms with Crippen LogP contribution in [-0.4, -0.2) is 13.5 Å². The van der Waals surface area contributed by atoms with E-state index in [2.05, 4.69) is 10.4 Å². The number of hydrogen-bond donors (Lipinski definition) is 0. The topological polar surface area (TPSA) is 80.7 Å². The first kappa shape index (κ1) is 20.5. The number of aromatic nitrogens is 3. The molecule has 0 aliphatic heterocycles. The molecule has 1 aromatic carbocycles. The summed E-state index contributed by atoms with van der Waals surface area (Å²) in [6, 6.07) is 7.03. The molecule has 10 heteroatoms. The fraction of sp³-hybridized carbons (Fsp3) is 0.263. The van der Waals surface area contributed by atoms with Gasteiger partial charge in [0.05, 0.1) is 16.0 Å². The van der Waals surface area contributed by atoms with Crippen LogP contribution in [0.2, 0.25) is 0 Å². The largest absolute Gasteiger partial charge is 0.431 e. The Morgan fingerprint density at radius 1 is 1.28 bits per heavy atom. The molecule has 150 valence electrons. The maximum atomic E-state index is 13.0. The summed E-state index contributed by atoms with van der Waals surface area (Å²) in [7, 11) is 0.955. The molecule has 0 saturated carbocycles. The molecule has 2 aromatic heterocycles. The van der Waals surface area contributed by atoms with Crippen molar-refractivity contribution >= 4 is 27.2 Å². The van der Waals surface area contributed by atoms with E-state index in [1.54, 1.807) is 12.1 Å². The molecule has 0 atom stereocenters. The van der Waals surface area contributed by atoms with Gasteiger partial charge in [0.2, 0.25) is 0 Å². The molecular weight excluding hydrogens is 405 g/mol. The van der Waals surface area contributed by atoms with E-state index in [1.165, 1.54) is 12.1 Å². The summed E-state index contributed by atoms with van der Waals surface area (Å²) in [6.07, 6.45) is -3.09. The minimum absolute atomic E-state index is 0.0920. The molecule has 0 bridgehead atoms. The van der Waals surface area contributed by atoms with E-state index >= 15 is 0 Å². The highest BCUT2D eigenvalue weighted by Crippen LogP contribution is 2.30. The smallest absolute Gasteiger partial charge is 0.292 e. The van der Waals surface area contributed by atoms with Gasteiger partial charge in [0.25, 0.3) is 5.56 Å². The van der Waals surface area contributed by atoms with Crippen LogP contribution in [0.3, 0.4) is 0 Å². The van der Waals surface area contributed by atoms with Crippen molar-refractivity contribution in [2.24, 2.45) is 13.0 Å². The summed E-state index contributed by atoms with van der Waals surface area (Å²) in [6.45, 7) is 3.81. The normalized spacial score (nSPS) is 12.6. The van der Waals surface area contributed by atoms with Crippen molar-refractivity contribution < 1.29 is 13.2 Å². The van der Waals surface area contributed by atoms with Crippen LogP contribution in [0.4, 0.5) is 13.2 Å². The van der Waals surface area contributed by atoms with E-state index in [9.17, 15) is 28.0 Å². The lowest BCUT2D eigenvalue weighted by atomic mass is 10.0. The van der Waals surface area contributed by atoms with E-state index in [0.29, 0.717) is 36.6 Å². The molecule has 29 heavy (non-hydrogen) atoms. The van der Waals surface area contributed by atoms with Crippen LogP contribution >= 0.6 is 11.5 Å². The Morgan fingerprint density at radius 3 is 2.55 bits per heavy atom. The van der Waals surface area contributed by atoms with E-state index in [4.69, 9.17) is 0 Å². The molecule has 0 spiro atoms. The van der Waals surface area contributed by atoms with Gasteiger partial charge in [-0.2, -0.15) is 22.8 Å². The van der Waals surface area contributed by atoms with Crippen molar-refractivity contribution in [2.75, 3.05) is 0 Å². The van der Waals surface area contributed by atoms with Crippen LogP contribution in [0.1, 0.15) is 25.2 Å². The lowest BCUT2D eigenvalue weighted by Crippen LogP contribution is -2.40. The number of halogens is 3. The minimum atomic E-state index is -4.83. The minimum Gasteiger partial charge on any atom is -0.292 e. The highest BCUT2D eigenvalue weighted by atomic mass is 32.1. The van der Waals surface area contributed by atoms with Crippen molar-refractivity contribution in [3.05, 3.63) is 62.6 Å². The van der Waals surface area contributed by atoms with E-state index < -0.39 is 23.1 Å². The van der Waals surface area contributed by atoms with Gasteiger partial charge in [-0.3, -0.25) is 9.36 Å². The summed E-state index contributed by atoms with van der Waals surface area (Å²) in [5.41, 5.74) is -2.69. The number of rotatable bonds is 3. The van der Waals surface area contributed by atoms with E-state index in [-0.39, 0.29) is 11.6 Å². The third-order valence-electron chi connectivity index (χ3n) is 4.20. The highest BCUT2D eigenvalue weighted by molar-refractivity contribution is 7.13. The number of nitrogens with zero attached hydrogens (tertiary/aromatic N) is 4. The van der Waals surface area contributed by atoms with Crippen LogP contribution in [0.15, 0.2) is 39.9 Å². The number of alkyl halides is 3. The van der Waals surface area contributed by atoms with Gasteiger partial charge in [0.15, 0.2) is 0 Å². The maximum Gasteiger partial charge on any atom is 0.431 e. The molecule has 0 N–H and O–H groups in total. The fourth-order valence-electron chi connectivity index (χ4n) is 2.90. The molecule has 6 nitrogen and oxygen atoms in total. The molecule has 0 amide bonds. The molecule has 0 unspecified atom stereocenters. The monoisotopic (exact) mass is 420 g/mol. The number of benzene rings is 1. The summed E-state index contributed by atoms with van der Waals surface area (Å²) in [4.78, 5) is 24.8. The number of fused-ring (bicyclic) bond motifs is 1. The average molecular weight is 420 g/mol. The van der Waals surface area contributed by atoms with E-state index in [0.717, 1.165) is 18.6 Å². The Bertz CT molecular complexity index is 1290. The lowest BCUT2D eigenvalue weighted by Gasteiger charge is -2.14. The summed E-state index contributed by atoms with van der Waals surface area (Å²) in [5, 5.41) is 9.99. The molecule has 2 heterocycles. The molecule has 0 aliphatic rings. The second kappa shape index (κ2) is 7.33. The standard InChI is InChI=1S/C19H15F3N4O2S/c1-10(2)6-11(9-23)17-13-7-12(4-5-14(13)29-24-17)26-16(27)8-15(19(20,21)22)25(3)18(26)28/h4-8,10H,1-3H3. The summed E-state index contributed by atoms with van der Waals surface area (Å²) >= 11 is 1.14. The zero-order valence-electron chi connectivity index (χ0n) is 15.6. The zero-order chi connectivity index (χ0) is 21.5. The van der Waals surface area contributed by atoms with Crippen molar-refractivity contribution in [1.29, 1.82) is 5.26 Å². The lowest BCUT2D eigenvalue weighted by molar-refractivity contribution is -0.144. The predicted octanol–water partition coefficient (Wildman–Crippen LogP) is 3.73. The first-order valence-corrected chi connectivity index (χ1v) is 9.24. The quantitative estimate of drug-likeness (QED) is 0.605. The van der Waals surface area contributed by atoms with Gasteiger partial charge in [-0.15, -0.1) is 0 Å². The van der Waals surface area contributed by atoms with Crippen LogP contribution in [-0.2, 0) is 13.2 Å². The Balaban J connectivity index is 2.27. The maximum absolute atomic E-state index is 13.0.